The number of carbonyl (C=O) groups is 1. The zero-order chi connectivity index (χ0) is 16.6. The van der Waals surface area contributed by atoms with E-state index < -0.39 is 5.60 Å². The minimum Gasteiger partial charge on any atom is -0.444 e. The summed E-state index contributed by atoms with van der Waals surface area (Å²) in [6.45, 7) is 6.54. The molecule has 1 aliphatic carbocycles. The molecule has 0 unspecified atom stereocenters. The third-order valence-electron chi connectivity index (χ3n) is 4.04. The van der Waals surface area contributed by atoms with E-state index >= 15 is 0 Å². The zero-order valence-corrected chi connectivity index (χ0v) is 16.2. The van der Waals surface area contributed by atoms with Gasteiger partial charge in [-0.15, -0.1) is 0 Å². The maximum absolute atomic E-state index is 12.0. The zero-order valence-electron chi connectivity index (χ0n) is 14.6. The molecule has 1 aliphatic rings. The van der Waals surface area contributed by atoms with E-state index in [2.05, 4.69) is 28.1 Å². The standard InChI is InChI=1S/C18H32BrNO2/c1-18(2,3)22-17(21)20(4)14-16-11-9-15(10-12-16)8-6-5-7-13-19/h6,8,15-16H,5,7,9-14H2,1-4H3/b8-6+. The van der Waals surface area contributed by atoms with Gasteiger partial charge < -0.3 is 9.64 Å². The summed E-state index contributed by atoms with van der Waals surface area (Å²) >= 11 is 3.46. The van der Waals surface area contributed by atoms with E-state index in [0.717, 1.165) is 17.8 Å². The Labute approximate surface area is 144 Å². The van der Waals surface area contributed by atoms with E-state index in [0.29, 0.717) is 5.92 Å². The van der Waals surface area contributed by atoms with Gasteiger partial charge in [-0.3, -0.25) is 0 Å². The van der Waals surface area contributed by atoms with Crippen LogP contribution in [-0.4, -0.2) is 35.5 Å². The van der Waals surface area contributed by atoms with Crippen molar-refractivity contribution in [2.24, 2.45) is 11.8 Å². The van der Waals surface area contributed by atoms with Gasteiger partial charge in [-0.1, -0.05) is 28.1 Å². The normalized spacial score (nSPS) is 22.8. The van der Waals surface area contributed by atoms with Crippen LogP contribution in [-0.2, 0) is 4.74 Å². The summed E-state index contributed by atoms with van der Waals surface area (Å²) in [5.41, 5.74) is -0.414. The molecule has 0 saturated heterocycles. The van der Waals surface area contributed by atoms with E-state index in [-0.39, 0.29) is 6.09 Å². The monoisotopic (exact) mass is 373 g/mol. The number of amides is 1. The summed E-state index contributed by atoms with van der Waals surface area (Å²) < 4.78 is 5.41. The van der Waals surface area contributed by atoms with Crippen LogP contribution in [0.25, 0.3) is 0 Å². The van der Waals surface area contributed by atoms with Crippen LogP contribution in [0.15, 0.2) is 12.2 Å². The molecule has 0 aromatic heterocycles. The van der Waals surface area contributed by atoms with Crippen molar-refractivity contribution in [1.82, 2.24) is 4.90 Å². The Bertz CT molecular complexity index is 355. The maximum Gasteiger partial charge on any atom is 0.410 e. The SMILES string of the molecule is CN(CC1CCC(/C=C/CCCBr)CC1)C(=O)OC(C)(C)C. The van der Waals surface area contributed by atoms with Crippen LogP contribution >= 0.6 is 15.9 Å². The minimum absolute atomic E-state index is 0.204. The van der Waals surface area contributed by atoms with E-state index in [1.807, 2.05) is 27.8 Å². The van der Waals surface area contributed by atoms with Crippen LogP contribution in [0.5, 0.6) is 0 Å². The fourth-order valence-corrected chi connectivity index (χ4v) is 3.17. The summed E-state index contributed by atoms with van der Waals surface area (Å²) in [7, 11) is 1.85. The molecular formula is C18H32BrNO2. The van der Waals surface area contributed by atoms with Crippen molar-refractivity contribution in [3.05, 3.63) is 12.2 Å². The number of hydrogen-bond acceptors (Lipinski definition) is 2. The first-order valence-corrected chi connectivity index (χ1v) is 9.60. The maximum atomic E-state index is 12.0. The van der Waals surface area contributed by atoms with Crippen LogP contribution in [0.4, 0.5) is 4.79 Å². The van der Waals surface area contributed by atoms with Gasteiger partial charge in [-0.25, -0.2) is 4.79 Å². The Morgan fingerprint density at radius 1 is 1.27 bits per heavy atom. The molecule has 22 heavy (non-hydrogen) atoms. The van der Waals surface area contributed by atoms with Gasteiger partial charge in [0.15, 0.2) is 0 Å². The highest BCUT2D eigenvalue weighted by atomic mass is 79.9. The van der Waals surface area contributed by atoms with Gasteiger partial charge in [-0.05, 0) is 71.1 Å². The fourth-order valence-electron chi connectivity index (χ4n) is 2.85. The third kappa shape index (κ3) is 8.21. The first kappa shape index (κ1) is 19.5. The number of rotatable bonds is 6. The highest BCUT2D eigenvalue weighted by Crippen LogP contribution is 2.30. The number of ether oxygens (including phenoxy) is 1. The molecular weight excluding hydrogens is 342 g/mol. The van der Waals surface area contributed by atoms with Gasteiger partial charge in [-0.2, -0.15) is 0 Å². The molecule has 0 aromatic carbocycles. The predicted molar refractivity (Wildman–Crippen MR) is 96.5 cm³/mol. The van der Waals surface area contributed by atoms with E-state index in [4.69, 9.17) is 4.74 Å². The lowest BCUT2D eigenvalue weighted by molar-refractivity contribution is 0.0259. The van der Waals surface area contributed by atoms with Crippen LogP contribution in [0, 0.1) is 11.8 Å². The van der Waals surface area contributed by atoms with Crippen molar-refractivity contribution in [2.75, 3.05) is 18.9 Å². The molecule has 0 spiro atoms. The Balaban J connectivity index is 2.27. The molecule has 128 valence electrons. The largest absolute Gasteiger partial charge is 0.444 e. The predicted octanol–water partition coefficient (Wildman–Crippen LogP) is 5.39. The molecule has 1 fully saturated rings. The molecule has 0 radical (unpaired) electrons. The fraction of sp³-hybridized carbons (Fsp3) is 0.833. The lowest BCUT2D eigenvalue weighted by Gasteiger charge is -2.31. The Morgan fingerprint density at radius 2 is 1.91 bits per heavy atom. The molecule has 3 nitrogen and oxygen atoms in total. The second-order valence-corrected chi connectivity index (χ2v) is 8.19. The van der Waals surface area contributed by atoms with Gasteiger partial charge >= 0.3 is 6.09 Å². The minimum atomic E-state index is -0.414. The summed E-state index contributed by atoms with van der Waals surface area (Å²) in [4.78, 5) is 13.7. The quantitative estimate of drug-likeness (QED) is 0.354. The first-order valence-electron chi connectivity index (χ1n) is 8.48. The second-order valence-electron chi connectivity index (χ2n) is 7.40. The molecule has 0 N–H and O–H groups in total. The molecule has 4 heteroatoms. The average molecular weight is 374 g/mol. The van der Waals surface area contributed by atoms with Gasteiger partial charge in [0.05, 0.1) is 0 Å². The number of nitrogens with zero attached hydrogens (tertiary/aromatic N) is 1. The first-order chi connectivity index (χ1) is 10.3. The molecule has 0 bridgehead atoms. The van der Waals surface area contributed by atoms with Crippen LogP contribution in [0.3, 0.4) is 0 Å². The third-order valence-corrected chi connectivity index (χ3v) is 4.60. The van der Waals surface area contributed by atoms with Crippen molar-refractivity contribution in [3.63, 3.8) is 0 Å². The van der Waals surface area contributed by atoms with Crippen molar-refractivity contribution in [2.45, 2.75) is 64.9 Å². The van der Waals surface area contributed by atoms with Gasteiger partial charge in [0, 0.05) is 18.9 Å². The number of allylic oxidation sites excluding steroid dienone is 2. The van der Waals surface area contributed by atoms with E-state index in [1.54, 1.807) is 4.90 Å². The van der Waals surface area contributed by atoms with Crippen molar-refractivity contribution in [3.8, 4) is 0 Å². The summed E-state index contributed by atoms with van der Waals surface area (Å²) in [6.07, 6.45) is 11.8. The molecule has 0 aliphatic heterocycles. The van der Waals surface area contributed by atoms with Gasteiger partial charge in [0.25, 0.3) is 0 Å². The lowest BCUT2D eigenvalue weighted by Crippen LogP contribution is -2.37. The Hall–Kier alpha value is -0.510. The summed E-state index contributed by atoms with van der Waals surface area (Å²) in [5.74, 6) is 1.35. The smallest absolute Gasteiger partial charge is 0.410 e. The number of halogens is 1. The van der Waals surface area contributed by atoms with Crippen molar-refractivity contribution in [1.29, 1.82) is 0 Å². The Kier molecular flexibility index (Phi) is 8.52. The number of carbonyl (C=O) groups excluding carboxylic acids is 1. The van der Waals surface area contributed by atoms with Gasteiger partial charge in [0.1, 0.15) is 5.60 Å². The Morgan fingerprint density at radius 3 is 2.45 bits per heavy atom. The molecule has 0 aromatic rings. The van der Waals surface area contributed by atoms with Crippen LogP contribution in [0.1, 0.15) is 59.3 Å². The highest BCUT2D eigenvalue weighted by Gasteiger charge is 2.24. The van der Waals surface area contributed by atoms with Crippen molar-refractivity contribution < 1.29 is 9.53 Å². The highest BCUT2D eigenvalue weighted by molar-refractivity contribution is 9.09. The number of unbranched alkanes of at least 4 members (excludes halogenated alkanes) is 1. The molecule has 1 amide bonds. The average Bonchev–Trinajstić information content (AvgIpc) is 2.43. The summed E-state index contributed by atoms with van der Waals surface area (Å²) in [5, 5.41) is 1.08. The van der Waals surface area contributed by atoms with Crippen molar-refractivity contribution >= 4 is 22.0 Å². The van der Waals surface area contributed by atoms with Crippen LogP contribution < -0.4 is 0 Å². The number of hydrogen-bond donors (Lipinski definition) is 0. The molecule has 0 heterocycles. The van der Waals surface area contributed by atoms with E-state index in [9.17, 15) is 4.79 Å². The molecule has 0 atom stereocenters. The summed E-state index contributed by atoms with van der Waals surface area (Å²) in [6, 6.07) is 0. The van der Waals surface area contributed by atoms with Crippen LogP contribution in [0.2, 0.25) is 0 Å². The number of alkyl halides is 1. The lowest BCUT2D eigenvalue weighted by atomic mass is 9.81. The van der Waals surface area contributed by atoms with E-state index in [1.165, 1.54) is 38.5 Å². The second kappa shape index (κ2) is 9.59. The molecule has 1 saturated carbocycles. The topological polar surface area (TPSA) is 29.5 Å². The molecule has 1 rings (SSSR count). The van der Waals surface area contributed by atoms with Gasteiger partial charge in [0.2, 0.25) is 0 Å².